The number of rotatable bonds is 12. The Balaban J connectivity index is 1.99. The number of aliphatic hydroxyl groups excluding tert-OH is 1. The monoisotopic (exact) mass is 541 g/mol. The largest absolute Gasteiger partial charge is 0.368 e. The molecule has 0 heterocycles. The molecule has 0 aliphatic heterocycles. The Morgan fingerprint density at radius 2 is 1.50 bits per heavy atom. The molecule has 9 nitrogen and oxygen atoms in total. The van der Waals surface area contributed by atoms with Crippen molar-refractivity contribution in [3.8, 4) is 0 Å². The summed E-state index contributed by atoms with van der Waals surface area (Å²) in [6.07, 6.45) is -2.09. The molecule has 2 N–H and O–H groups in total. The van der Waals surface area contributed by atoms with Gasteiger partial charge in [-0.25, -0.2) is 38.8 Å². The number of hydrogen-bond donors (Lipinski definition) is 2. The zero-order chi connectivity index (χ0) is 25.7. The van der Waals surface area contributed by atoms with Crippen LogP contribution in [0.2, 0.25) is 0 Å². The summed E-state index contributed by atoms with van der Waals surface area (Å²) in [6, 6.07) is 7.81. The van der Waals surface area contributed by atoms with Gasteiger partial charge < -0.3 is 9.84 Å². The second-order valence-corrected chi connectivity index (χ2v) is 13.4. The van der Waals surface area contributed by atoms with E-state index < -0.39 is 81.3 Å². The van der Waals surface area contributed by atoms with Crippen molar-refractivity contribution in [2.24, 2.45) is 5.92 Å². The van der Waals surface area contributed by atoms with Crippen LogP contribution in [0.4, 0.5) is 8.78 Å². The number of halogens is 2. The number of ether oxygens (including phenoxy) is 1. The molecule has 0 amide bonds. The second kappa shape index (κ2) is 11.2. The highest BCUT2D eigenvalue weighted by Crippen LogP contribution is 2.24. The molecular weight excluding hydrogens is 516 g/mol. The molecule has 0 radical (unpaired) electrons. The third-order valence-corrected chi connectivity index (χ3v) is 10.1. The van der Waals surface area contributed by atoms with Gasteiger partial charge in [-0.3, -0.25) is 0 Å². The molecule has 0 aromatic heterocycles. The van der Waals surface area contributed by atoms with Crippen LogP contribution in [0.25, 0.3) is 0 Å². The van der Waals surface area contributed by atoms with Gasteiger partial charge in [-0.1, -0.05) is 25.1 Å². The lowest BCUT2D eigenvalue weighted by molar-refractivity contribution is -0.107. The third-order valence-electron chi connectivity index (χ3n) is 4.70. The van der Waals surface area contributed by atoms with E-state index in [1.165, 1.54) is 25.1 Å². The summed E-state index contributed by atoms with van der Waals surface area (Å²) >= 11 is 0. The quantitative estimate of drug-likeness (QED) is 0.385. The standard InChI is InChI=1S/C20H25F2NO8S3/c1-14(13-33(27,28)16-7-3-4-8-17(16)34(29,30)23-2)12-31-19(24)10-11-32(25,26)18-9-5-6-15(21)20(18)22/h3-9,14,19,23-24H,10-13H2,1-2H3. The van der Waals surface area contributed by atoms with E-state index >= 15 is 0 Å². The Kier molecular flexibility index (Phi) is 9.30. The van der Waals surface area contributed by atoms with E-state index in [1.807, 2.05) is 0 Å². The Bertz CT molecular complexity index is 1330. The van der Waals surface area contributed by atoms with Gasteiger partial charge in [-0.2, -0.15) is 0 Å². The van der Waals surface area contributed by atoms with Gasteiger partial charge in [0.25, 0.3) is 0 Å². The zero-order valence-electron chi connectivity index (χ0n) is 18.3. The summed E-state index contributed by atoms with van der Waals surface area (Å²) in [5, 5.41) is 9.94. The molecule has 34 heavy (non-hydrogen) atoms. The topological polar surface area (TPSA) is 144 Å². The molecule has 2 atom stereocenters. The molecule has 0 aliphatic carbocycles. The van der Waals surface area contributed by atoms with Crippen molar-refractivity contribution in [2.75, 3.05) is 25.2 Å². The van der Waals surface area contributed by atoms with Crippen molar-refractivity contribution >= 4 is 29.7 Å². The van der Waals surface area contributed by atoms with Gasteiger partial charge in [0.2, 0.25) is 10.0 Å². The zero-order valence-corrected chi connectivity index (χ0v) is 20.8. The van der Waals surface area contributed by atoms with Crippen LogP contribution in [-0.4, -0.2) is 61.8 Å². The van der Waals surface area contributed by atoms with Crippen LogP contribution < -0.4 is 4.72 Å². The van der Waals surface area contributed by atoms with Crippen LogP contribution in [0, 0.1) is 17.6 Å². The Hall–Kier alpha value is -1.97. The molecule has 2 rings (SSSR count). The van der Waals surface area contributed by atoms with Gasteiger partial charge in [0.1, 0.15) is 9.79 Å². The molecule has 0 bridgehead atoms. The maximum atomic E-state index is 13.8. The van der Waals surface area contributed by atoms with Gasteiger partial charge >= 0.3 is 0 Å². The van der Waals surface area contributed by atoms with Crippen LogP contribution in [0.3, 0.4) is 0 Å². The summed E-state index contributed by atoms with van der Waals surface area (Å²) in [6.45, 7) is 1.19. The van der Waals surface area contributed by atoms with Crippen LogP contribution in [-0.2, 0) is 34.4 Å². The van der Waals surface area contributed by atoms with E-state index in [1.54, 1.807) is 0 Å². The van der Waals surface area contributed by atoms with E-state index in [2.05, 4.69) is 4.72 Å². The molecule has 2 aromatic carbocycles. The summed E-state index contributed by atoms with van der Waals surface area (Å²) in [5.74, 6) is -4.80. The lowest BCUT2D eigenvalue weighted by atomic mass is 10.2. The average molecular weight is 542 g/mol. The SMILES string of the molecule is CNS(=O)(=O)c1ccccc1S(=O)(=O)CC(C)COC(O)CCS(=O)(=O)c1cccc(F)c1F. The maximum Gasteiger partial charge on any atom is 0.241 e. The number of nitrogens with one attached hydrogen (secondary N) is 1. The number of hydrogen-bond acceptors (Lipinski definition) is 8. The first-order chi connectivity index (χ1) is 15.7. The van der Waals surface area contributed by atoms with Crippen molar-refractivity contribution in [3.63, 3.8) is 0 Å². The smallest absolute Gasteiger partial charge is 0.241 e. The highest BCUT2D eigenvalue weighted by atomic mass is 32.2. The minimum atomic E-state index is -4.25. The summed E-state index contributed by atoms with van der Waals surface area (Å²) in [5.41, 5.74) is 0. The van der Waals surface area contributed by atoms with E-state index in [9.17, 15) is 39.1 Å². The third kappa shape index (κ3) is 7.02. The first-order valence-electron chi connectivity index (χ1n) is 9.93. The van der Waals surface area contributed by atoms with Gasteiger partial charge in [0.15, 0.2) is 37.6 Å². The van der Waals surface area contributed by atoms with Crippen LogP contribution in [0.1, 0.15) is 13.3 Å². The van der Waals surface area contributed by atoms with E-state index in [4.69, 9.17) is 4.74 Å². The van der Waals surface area contributed by atoms with E-state index in [-0.39, 0.29) is 11.5 Å². The summed E-state index contributed by atoms with van der Waals surface area (Å²) < 4.78 is 109. The Morgan fingerprint density at radius 1 is 0.912 bits per heavy atom. The lowest BCUT2D eigenvalue weighted by Gasteiger charge is -2.17. The fourth-order valence-corrected chi connectivity index (χ4v) is 7.59. The molecule has 0 saturated carbocycles. The van der Waals surface area contributed by atoms with Crippen molar-refractivity contribution < 1.29 is 43.9 Å². The highest BCUT2D eigenvalue weighted by molar-refractivity contribution is 7.93. The van der Waals surface area contributed by atoms with Crippen molar-refractivity contribution in [3.05, 3.63) is 54.1 Å². The predicted molar refractivity (Wildman–Crippen MR) is 119 cm³/mol. The normalized spacial score (nSPS) is 14.6. The van der Waals surface area contributed by atoms with Gasteiger partial charge in [-0.15, -0.1) is 0 Å². The summed E-state index contributed by atoms with van der Waals surface area (Å²) in [7, 11) is -11.2. The van der Waals surface area contributed by atoms with Gasteiger partial charge in [0, 0.05) is 6.42 Å². The molecular formula is C20H25F2NO8S3. The average Bonchev–Trinajstić information content (AvgIpc) is 2.77. The lowest BCUT2D eigenvalue weighted by Crippen LogP contribution is -2.26. The number of aliphatic hydroxyl groups is 1. The van der Waals surface area contributed by atoms with Crippen LogP contribution >= 0.6 is 0 Å². The molecule has 0 saturated heterocycles. The number of benzene rings is 2. The molecule has 190 valence electrons. The first-order valence-corrected chi connectivity index (χ1v) is 14.7. The van der Waals surface area contributed by atoms with Crippen LogP contribution in [0.15, 0.2) is 57.2 Å². The van der Waals surface area contributed by atoms with Crippen LogP contribution in [0.5, 0.6) is 0 Å². The fourth-order valence-electron chi connectivity index (χ4n) is 3.00. The second-order valence-electron chi connectivity index (χ2n) is 7.49. The maximum absolute atomic E-state index is 13.8. The minimum absolute atomic E-state index is 0.296. The molecule has 0 fully saturated rings. The molecule has 2 unspecified atom stereocenters. The van der Waals surface area contributed by atoms with Crippen molar-refractivity contribution in [1.29, 1.82) is 0 Å². The highest BCUT2D eigenvalue weighted by Gasteiger charge is 2.28. The van der Waals surface area contributed by atoms with E-state index in [0.29, 0.717) is 0 Å². The Morgan fingerprint density at radius 3 is 2.12 bits per heavy atom. The summed E-state index contributed by atoms with van der Waals surface area (Å²) in [4.78, 5) is -1.63. The number of sulfonamides is 1. The molecule has 14 heteroatoms. The van der Waals surface area contributed by atoms with Crippen molar-refractivity contribution in [1.82, 2.24) is 4.72 Å². The molecule has 0 spiro atoms. The van der Waals surface area contributed by atoms with Gasteiger partial charge in [0.05, 0.1) is 23.0 Å². The predicted octanol–water partition coefficient (Wildman–Crippen LogP) is 1.48. The van der Waals surface area contributed by atoms with Crippen molar-refractivity contribution in [2.45, 2.75) is 34.3 Å². The van der Waals surface area contributed by atoms with E-state index in [0.717, 1.165) is 31.3 Å². The fraction of sp³-hybridized carbons (Fsp3) is 0.400. The molecule has 2 aromatic rings. The molecule has 0 aliphatic rings. The number of sulfone groups is 2. The van der Waals surface area contributed by atoms with Gasteiger partial charge in [-0.05, 0) is 37.2 Å². The minimum Gasteiger partial charge on any atom is -0.368 e. The Labute approximate surface area is 197 Å². The first kappa shape index (κ1) is 28.3.